The van der Waals surface area contributed by atoms with Gasteiger partial charge < -0.3 is 5.43 Å². The molecule has 6 heteroatoms. The number of aromatic nitrogens is 2. The molecule has 0 aliphatic carbocycles. The van der Waals surface area contributed by atoms with Crippen LogP contribution in [0.15, 0.2) is 6.20 Å². The fourth-order valence-corrected chi connectivity index (χ4v) is 1.85. The van der Waals surface area contributed by atoms with Crippen molar-refractivity contribution in [2.45, 2.75) is 19.3 Å². The first-order valence-corrected chi connectivity index (χ1v) is 5.71. The summed E-state index contributed by atoms with van der Waals surface area (Å²) in [4.78, 5) is 7.83. The Kier molecular flexibility index (Phi) is 3.61. The topological polar surface area (TPSA) is 41.1 Å². The molecule has 1 saturated heterocycles. The quantitative estimate of drug-likeness (QED) is 0.815. The molecule has 1 aromatic rings. The largest absolute Gasteiger partial charge is 0.302 e. The SMILES string of the molecule is Clc1ncc(Cl)c(NN2CCCCC2)n1. The summed E-state index contributed by atoms with van der Waals surface area (Å²) >= 11 is 11.6. The van der Waals surface area contributed by atoms with E-state index in [9.17, 15) is 0 Å². The van der Waals surface area contributed by atoms with E-state index in [0.717, 1.165) is 13.1 Å². The average Bonchev–Trinajstić information content (AvgIpc) is 2.25. The number of hydrazine groups is 1. The summed E-state index contributed by atoms with van der Waals surface area (Å²) in [6.07, 6.45) is 5.19. The number of anilines is 1. The Morgan fingerprint density at radius 3 is 2.67 bits per heavy atom. The maximum absolute atomic E-state index is 5.94. The summed E-state index contributed by atoms with van der Waals surface area (Å²) in [5.41, 5.74) is 3.16. The van der Waals surface area contributed by atoms with Crippen LogP contribution < -0.4 is 5.43 Å². The molecule has 2 heterocycles. The highest BCUT2D eigenvalue weighted by Crippen LogP contribution is 2.21. The van der Waals surface area contributed by atoms with Crippen LogP contribution in [-0.2, 0) is 0 Å². The third-order valence-corrected chi connectivity index (χ3v) is 2.79. The van der Waals surface area contributed by atoms with Crippen LogP contribution in [0, 0.1) is 0 Å². The second kappa shape index (κ2) is 4.96. The van der Waals surface area contributed by atoms with Crippen LogP contribution in [0.3, 0.4) is 0 Å². The number of hydrogen-bond acceptors (Lipinski definition) is 4. The third kappa shape index (κ3) is 2.93. The van der Waals surface area contributed by atoms with E-state index >= 15 is 0 Å². The molecule has 4 nitrogen and oxygen atoms in total. The van der Waals surface area contributed by atoms with E-state index in [1.54, 1.807) is 0 Å². The molecule has 0 radical (unpaired) electrons. The third-order valence-electron chi connectivity index (χ3n) is 2.33. The fourth-order valence-electron chi connectivity index (χ4n) is 1.58. The first-order chi connectivity index (χ1) is 7.25. The number of hydrogen-bond donors (Lipinski definition) is 1. The highest BCUT2D eigenvalue weighted by atomic mass is 35.5. The molecule has 0 bridgehead atoms. The molecule has 0 atom stereocenters. The van der Waals surface area contributed by atoms with Crippen molar-refractivity contribution in [3.8, 4) is 0 Å². The van der Waals surface area contributed by atoms with Crippen LogP contribution in [0.25, 0.3) is 0 Å². The molecular formula is C9H12Cl2N4. The summed E-state index contributed by atoms with van der Waals surface area (Å²) < 4.78 is 0. The van der Waals surface area contributed by atoms with Crippen molar-refractivity contribution in [3.05, 3.63) is 16.5 Å². The van der Waals surface area contributed by atoms with E-state index in [-0.39, 0.29) is 5.28 Å². The summed E-state index contributed by atoms with van der Waals surface area (Å²) in [6, 6.07) is 0. The minimum atomic E-state index is 0.207. The Morgan fingerprint density at radius 1 is 1.20 bits per heavy atom. The van der Waals surface area contributed by atoms with E-state index < -0.39 is 0 Å². The number of nitrogens with one attached hydrogen (secondary N) is 1. The molecule has 1 fully saturated rings. The normalized spacial score (nSPS) is 17.7. The van der Waals surface area contributed by atoms with Gasteiger partial charge in [0, 0.05) is 13.1 Å². The second-order valence-corrected chi connectivity index (χ2v) is 4.24. The number of nitrogens with zero attached hydrogens (tertiary/aromatic N) is 3. The number of halogens is 2. The van der Waals surface area contributed by atoms with Gasteiger partial charge in [0.05, 0.1) is 6.20 Å². The molecule has 0 amide bonds. The van der Waals surface area contributed by atoms with Crippen molar-refractivity contribution in [1.82, 2.24) is 15.0 Å². The summed E-state index contributed by atoms with van der Waals surface area (Å²) in [5.74, 6) is 0.582. The molecule has 1 aliphatic heterocycles. The van der Waals surface area contributed by atoms with Crippen LogP contribution in [0.5, 0.6) is 0 Å². The van der Waals surface area contributed by atoms with Crippen LogP contribution in [-0.4, -0.2) is 28.1 Å². The maximum atomic E-state index is 5.94. The van der Waals surface area contributed by atoms with Crippen molar-refractivity contribution in [2.24, 2.45) is 0 Å². The zero-order valence-corrected chi connectivity index (χ0v) is 9.72. The van der Waals surface area contributed by atoms with E-state index in [2.05, 4.69) is 20.4 Å². The average molecular weight is 247 g/mol. The maximum Gasteiger partial charge on any atom is 0.224 e. The molecule has 0 spiro atoms. The van der Waals surface area contributed by atoms with Gasteiger partial charge in [-0.15, -0.1) is 0 Å². The molecule has 15 heavy (non-hydrogen) atoms. The lowest BCUT2D eigenvalue weighted by Crippen LogP contribution is -2.35. The summed E-state index contributed by atoms with van der Waals surface area (Å²) in [7, 11) is 0. The van der Waals surface area contributed by atoms with Crippen LogP contribution in [0.1, 0.15) is 19.3 Å². The van der Waals surface area contributed by atoms with Gasteiger partial charge in [0.25, 0.3) is 0 Å². The molecule has 2 rings (SSSR count). The molecule has 0 aromatic carbocycles. The van der Waals surface area contributed by atoms with Gasteiger partial charge in [-0.05, 0) is 24.4 Å². The van der Waals surface area contributed by atoms with Crippen molar-refractivity contribution < 1.29 is 0 Å². The molecule has 0 saturated carbocycles. The van der Waals surface area contributed by atoms with Gasteiger partial charge in [-0.3, -0.25) is 0 Å². The van der Waals surface area contributed by atoms with Gasteiger partial charge in [0.2, 0.25) is 5.28 Å². The van der Waals surface area contributed by atoms with E-state index in [4.69, 9.17) is 23.2 Å². The Labute approximate surface area is 98.6 Å². The Morgan fingerprint density at radius 2 is 1.93 bits per heavy atom. The minimum Gasteiger partial charge on any atom is -0.302 e. The van der Waals surface area contributed by atoms with Gasteiger partial charge in [-0.2, -0.15) is 4.98 Å². The predicted molar refractivity (Wildman–Crippen MR) is 61.1 cm³/mol. The van der Waals surface area contributed by atoms with E-state index in [0.29, 0.717) is 10.8 Å². The van der Waals surface area contributed by atoms with E-state index in [1.807, 2.05) is 0 Å². The van der Waals surface area contributed by atoms with Crippen molar-refractivity contribution in [1.29, 1.82) is 0 Å². The summed E-state index contributed by atoms with van der Waals surface area (Å²) in [6.45, 7) is 2.02. The van der Waals surface area contributed by atoms with Crippen LogP contribution >= 0.6 is 23.2 Å². The van der Waals surface area contributed by atoms with Gasteiger partial charge in [-0.1, -0.05) is 18.0 Å². The standard InChI is InChI=1S/C9H12Cl2N4/c10-7-6-12-9(11)13-8(7)14-15-4-2-1-3-5-15/h6H,1-5H2,(H,12,13,14). The van der Waals surface area contributed by atoms with Crippen molar-refractivity contribution in [3.63, 3.8) is 0 Å². The lowest BCUT2D eigenvalue weighted by molar-refractivity contribution is 0.272. The lowest BCUT2D eigenvalue weighted by atomic mass is 10.2. The fraction of sp³-hybridized carbons (Fsp3) is 0.556. The Hall–Kier alpha value is -0.580. The molecule has 82 valence electrons. The van der Waals surface area contributed by atoms with Gasteiger partial charge in [0.1, 0.15) is 5.02 Å². The van der Waals surface area contributed by atoms with Crippen molar-refractivity contribution >= 4 is 29.0 Å². The molecule has 1 aliphatic rings. The molecular weight excluding hydrogens is 235 g/mol. The number of piperidine rings is 1. The Bertz CT molecular complexity index is 339. The van der Waals surface area contributed by atoms with E-state index in [1.165, 1.54) is 25.5 Å². The molecule has 1 N–H and O–H groups in total. The first-order valence-electron chi connectivity index (χ1n) is 4.95. The van der Waals surface area contributed by atoms with Crippen molar-refractivity contribution in [2.75, 3.05) is 18.5 Å². The van der Waals surface area contributed by atoms with Gasteiger partial charge in [0.15, 0.2) is 5.82 Å². The van der Waals surface area contributed by atoms with Crippen LogP contribution in [0.4, 0.5) is 5.82 Å². The smallest absolute Gasteiger partial charge is 0.224 e. The highest BCUT2D eigenvalue weighted by Gasteiger charge is 2.12. The second-order valence-electron chi connectivity index (χ2n) is 3.50. The molecule has 0 unspecified atom stereocenters. The zero-order valence-electron chi connectivity index (χ0n) is 8.21. The van der Waals surface area contributed by atoms with Gasteiger partial charge in [-0.25, -0.2) is 9.99 Å². The van der Waals surface area contributed by atoms with Gasteiger partial charge >= 0.3 is 0 Å². The monoisotopic (exact) mass is 246 g/mol. The summed E-state index contributed by atoms with van der Waals surface area (Å²) in [5, 5.41) is 2.80. The number of rotatable bonds is 2. The Balaban J connectivity index is 2.05. The first kappa shape index (κ1) is 10.9. The molecule has 1 aromatic heterocycles. The predicted octanol–water partition coefficient (Wildman–Crippen LogP) is 2.60. The highest BCUT2D eigenvalue weighted by molar-refractivity contribution is 6.33. The van der Waals surface area contributed by atoms with Crippen LogP contribution in [0.2, 0.25) is 10.3 Å². The minimum absolute atomic E-state index is 0.207. The zero-order chi connectivity index (χ0) is 10.7. The lowest BCUT2D eigenvalue weighted by Gasteiger charge is -2.27.